The highest BCUT2D eigenvalue weighted by molar-refractivity contribution is 6.28. The second-order valence-electron chi connectivity index (χ2n) is 4.77. The first kappa shape index (κ1) is 13.4. The number of nitrogens with zero attached hydrogens (tertiary/aromatic N) is 2. The van der Waals surface area contributed by atoms with Gasteiger partial charge in [0.1, 0.15) is 11.8 Å². The summed E-state index contributed by atoms with van der Waals surface area (Å²) in [6.45, 7) is 5.85. The first-order valence-electron chi connectivity index (χ1n) is 6.07. The molecule has 0 aromatic carbocycles. The molecule has 1 saturated heterocycles. The number of anilines is 1. The fourth-order valence-electron chi connectivity index (χ4n) is 2.21. The molecule has 2 atom stereocenters. The third-order valence-electron chi connectivity index (χ3n) is 3.01. The molecule has 5 nitrogen and oxygen atoms in total. The minimum Gasteiger partial charge on any atom is -0.473 e. The Hall–Kier alpha value is -1.07. The molecule has 1 aromatic heterocycles. The fraction of sp³-hybridized carbons (Fsp3) is 0.667. The lowest BCUT2D eigenvalue weighted by Gasteiger charge is -2.32. The van der Waals surface area contributed by atoms with Crippen LogP contribution < -0.4 is 10.5 Å². The maximum absolute atomic E-state index is 5.90. The van der Waals surface area contributed by atoms with E-state index in [1.54, 1.807) is 6.92 Å². The molecule has 2 N–H and O–H groups in total. The van der Waals surface area contributed by atoms with Gasteiger partial charge in [0, 0.05) is 12.8 Å². The number of halogens is 1. The second-order valence-corrected chi connectivity index (χ2v) is 5.10. The van der Waals surface area contributed by atoms with Crippen molar-refractivity contribution in [3.05, 3.63) is 11.0 Å². The van der Waals surface area contributed by atoms with Crippen molar-refractivity contribution in [2.24, 2.45) is 0 Å². The highest BCUT2D eigenvalue weighted by Gasteiger charge is 2.27. The number of ether oxygens (including phenoxy) is 2. The summed E-state index contributed by atoms with van der Waals surface area (Å²) in [5.74, 6) is 0.374. The molecule has 0 aliphatic carbocycles. The Labute approximate surface area is 112 Å². The van der Waals surface area contributed by atoms with Crippen LogP contribution in [0.15, 0.2) is 0 Å². The third-order valence-corrected chi connectivity index (χ3v) is 3.18. The van der Waals surface area contributed by atoms with Crippen molar-refractivity contribution in [2.45, 2.75) is 51.9 Å². The van der Waals surface area contributed by atoms with E-state index in [-0.39, 0.29) is 23.6 Å². The molecule has 6 heteroatoms. The van der Waals surface area contributed by atoms with Gasteiger partial charge >= 0.3 is 0 Å². The van der Waals surface area contributed by atoms with E-state index < -0.39 is 0 Å². The predicted molar refractivity (Wildman–Crippen MR) is 69.9 cm³/mol. The van der Waals surface area contributed by atoms with Gasteiger partial charge in [0.15, 0.2) is 0 Å². The molecule has 100 valence electrons. The van der Waals surface area contributed by atoms with Crippen molar-refractivity contribution in [3.63, 3.8) is 0 Å². The van der Waals surface area contributed by atoms with E-state index in [1.165, 1.54) is 0 Å². The van der Waals surface area contributed by atoms with Gasteiger partial charge in [0.2, 0.25) is 11.2 Å². The molecule has 2 rings (SSSR count). The van der Waals surface area contributed by atoms with Crippen molar-refractivity contribution in [1.82, 2.24) is 9.97 Å². The van der Waals surface area contributed by atoms with Crippen LogP contribution in [0.2, 0.25) is 5.28 Å². The van der Waals surface area contributed by atoms with E-state index in [0.29, 0.717) is 17.3 Å². The summed E-state index contributed by atoms with van der Waals surface area (Å²) in [5.41, 5.74) is 6.99. The van der Waals surface area contributed by atoms with Crippen LogP contribution in [0.5, 0.6) is 5.88 Å². The summed E-state index contributed by atoms with van der Waals surface area (Å²) in [6.07, 6.45) is 2.06. The van der Waals surface area contributed by atoms with Gasteiger partial charge in [0.05, 0.1) is 17.9 Å². The number of hydrogen-bond acceptors (Lipinski definition) is 5. The summed E-state index contributed by atoms with van der Waals surface area (Å²) in [5, 5.41) is 0.157. The molecule has 0 saturated carbocycles. The number of nitrogens with two attached hydrogens (primary N) is 1. The summed E-state index contributed by atoms with van der Waals surface area (Å²) in [7, 11) is 0. The van der Waals surface area contributed by atoms with Crippen molar-refractivity contribution < 1.29 is 9.47 Å². The zero-order chi connectivity index (χ0) is 13.3. The van der Waals surface area contributed by atoms with Crippen molar-refractivity contribution in [1.29, 1.82) is 0 Å². The van der Waals surface area contributed by atoms with Gasteiger partial charge < -0.3 is 15.2 Å². The van der Waals surface area contributed by atoms with Crippen LogP contribution in [0.25, 0.3) is 0 Å². The fourth-order valence-corrected chi connectivity index (χ4v) is 2.41. The molecule has 0 amide bonds. The average molecular weight is 272 g/mol. The van der Waals surface area contributed by atoms with E-state index in [9.17, 15) is 0 Å². The van der Waals surface area contributed by atoms with E-state index in [4.69, 9.17) is 26.8 Å². The van der Waals surface area contributed by atoms with Crippen LogP contribution in [-0.4, -0.2) is 28.3 Å². The zero-order valence-electron chi connectivity index (χ0n) is 10.8. The molecule has 2 unspecified atom stereocenters. The average Bonchev–Trinajstić information content (AvgIpc) is 2.23. The standard InChI is InChI=1S/C12H18ClN3O2/c1-6-4-9(5-7(2)17-6)18-11-10(14)8(3)15-12(13)16-11/h6-7,9H,4-5,14H2,1-3H3. The summed E-state index contributed by atoms with van der Waals surface area (Å²) >= 11 is 5.81. The molecule has 18 heavy (non-hydrogen) atoms. The molecule has 1 aliphatic heterocycles. The summed E-state index contributed by atoms with van der Waals surface area (Å²) < 4.78 is 11.5. The van der Waals surface area contributed by atoms with E-state index in [1.807, 2.05) is 13.8 Å². The zero-order valence-corrected chi connectivity index (χ0v) is 11.6. The minimum atomic E-state index is 0.0522. The van der Waals surface area contributed by atoms with Crippen LogP contribution in [0.4, 0.5) is 5.69 Å². The van der Waals surface area contributed by atoms with Crippen LogP contribution in [0.3, 0.4) is 0 Å². The van der Waals surface area contributed by atoms with Gasteiger partial charge in [-0.2, -0.15) is 4.98 Å². The van der Waals surface area contributed by atoms with E-state index >= 15 is 0 Å². The molecule has 1 aliphatic rings. The van der Waals surface area contributed by atoms with Gasteiger partial charge in [-0.3, -0.25) is 0 Å². The largest absolute Gasteiger partial charge is 0.473 e. The van der Waals surface area contributed by atoms with Gasteiger partial charge in [-0.15, -0.1) is 0 Å². The Morgan fingerprint density at radius 3 is 2.50 bits per heavy atom. The van der Waals surface area contributed by atoms with Crippen molar-refractivity contribution in [2.75, 3.05) is 5.73 Å². The molecule has 0 radical (unpaired) electrons. The first-order chi connectivity index (χ1) is 8.45. The predicted octanol–water partition coefficient (Wildman–Crippen LogP) is 2.36. The molecule has 2 heterocycles. The highest BCUT2D eigenvalue weighted by Crippen LogP contribution is 2.28. The number of aromatic nitrogens is 2. The van der Waals surface area contributed by atoms with Crippen molar-refractivity contribution >= 4 is 17.3 Å². The molecule has 1 aromatic rings. The maximum Gasteiger partial charge on any atom is 0.242 e. The van der Waals surface area contributed by atoms with Gasteiger partial charge in [-0.25, -0.2) is 4.98 Å². The molecule has 0 spiro atoms. The Morgan fingerprint density at radius 2 is 1.89 bits per heavy atom. The molecule has 0 bridgehead atoms. The molecular formula is C12H18ClN3O2. The Bertz CT molecular complexity index is 432. The summed E-state index contributed by atoms with van der Waals surface area (Å²) in [6, 6.07) is 0. The number of hydrogen-bond donors (Lipinski definition) is 1. The van der Waals surface area contributed by atoms with Crippen LogP contribution >= 0.6 is 11.6 Å². The SMILES string of the molecule is Cc1nc(Cl)nc(OC2CC(C)OC(C)C2)c1N. The van der Waals surface area contributed by atoms with E-state index in [0.717, 1.165) is 12.8 Å². The van der Waals surface area contributed by atoms with Gasteiger partial charge in [0.25, 0.3) is 0 Å². The van der Waals surface area contributed by atoms with Gasteiger partial charge in [-0.05, 0) is 32.4 Å². The Kier molecular flexibility index (Phi) is 3.92. The lowest BCUT2D eigenvalue weighted by molar-refractivity contribution is -0.0728. The second kappa shape index (κ2) is 5.28. The lowest BCUT2D eigenvalue weighted by atomic mass is 10.0. The maximum atomic E-state index is 5.90. The summed E-state index contributed by atoms with van der Waals surface area (Å²) in [4.78, 5) is 8.03. The lowest BCUT2D eigenvalue weighted by Crippen LogP contribution is -2.36. The quantitative estimate of drug-likeness (QED) is 0.836. The topological polar surface area (TPSA) is 70.3 Å². The van der Waals surface area contributed by atoms with Crippen LogP contribution in [0.1, 0.15) is 32.4 Å². The Morgan fingerprint density at radius 1 is 1.28 bits per heavy atom. The molecular weight excluding hydrogens is 254 g/mol. The van der Waals surface area contributed by atoms with Crippen LogP contribution in [0, 0.1) is 6.92 Å². The number of nitrogen functional groups attached to an aromatic ring is 1. The smallest absolute Gasteiger partial charge is 0.242 e. The van der Waals surface area contributed by atoms with E-state index in [2.05, 4.69) is 9.97 Å². The monoisotopic (exact) mass is 271 g/mol. The van der Waals surface area contributed by atoms with Gasteiger partial charge in [-0.1, -0.05) is 0 Å². The highest BCUT2D eigenvalue weighted by atomic mass is 35.5. The third kappa shape index (κ3) is 3.03. The van der Waals surface area contributed by atoms with Crippen LogP contribution in [-0.2, 0) is 4.74 Å². The normalized spacial score (nSPS) is 28.1. The van der Waals surface area contributed by atoms with Crippen molar-refractivity contribution in [3.8, 4) is 5.88 Å². The molecule has 1 fully saturated rings. The Balaban J connectivity index is 2.14. The first-order valence-corrected chi connectivity index (χ1v) is 6.45. The number of aryl methyl sites for hydroxylation is 1. The minimum absolute atomic E-state index is 0.0522. The number of rotatable bonds is 2.